The van der Waals surface area contributed by atoms with E-state index in [2.05, 4.69) is 0 Å². The summed E-state index contributed by atoms with van der Waals surface area (Å²) < 4.78 is 25.3. The van der Waals surface area contributed by atoms with E-state index in [1.807, 2.05) is 0 Å². The lowest BCUT2D eigenvalue weighted by molar-refractivity contribution is -0.137. The first-order valence-corrected chi connectivity index (χ1v) is 4.11. The molecule has 0 fully saturated rings. The SMILES string of the molecule is N#CC(CC(=O)O)c1ccc(F)c(F)c1. The highest BCUT2D eigenvalue weighted by Gasteiger charge is 2.16. The van der Waals surface area contributed by atoms with E-state index in [0.29, 0.717) is 0 Å². The van der Waals surface area contributed by atoms with Crippen molar-refractivity contribution in [2.24, 2.45) is 0 Å². The van der Waals surface area contributed by atoms with Crippen LogP contribution in [0.3, 0.4) is 0 Å². The molecule has 0 bridgehead atoms. The van der Waals surface area contributed by atoms with Crippen molar-refractivity contribution in [1.82, 2.24) is 0 Å². The first-order valence-electron chi connectivity index (χ1n) is 4.11. The van der Waals surface area contributed by atoms with E-state index in [9.17, 15) is 13.6 Å². The van der Waals surface area contributed by atoms with Gasteiger partial charge in [-0.25, -0.2) is 8.78 Å². The van der Waals surface area contributed by atoms with Gasteiger partial charge in [0.25, 0.3) is 0 Å². The van der Waals surface area contributed by atoms with Crippen LogP contribution in [0.15, 0.2) is 18.2 Å². The molecular weight excluding hydrogens is 204 g/mol. The summed E-state index contributed by atoms with van der Waals surface area (Å²) in [5.74, 6) is -4.23. The number of aliphatic carboxylic acids is 1. The van der Waals surface area contributed by atoms with E-state index in [1.54, 1.807) is 6.07 Å². The molecule has 1 rings (SSSR count). The van der Waals surface area contributed by atoms with Gasteiger partial charge in [-0.05, 0) is 17.7 Å². The van der Waals surface area contributed by atoms with E-state index in [-0.39, 0.29) is 5.56 Å². The Labute approximate surface area is 84.6 Å². The largest absolute Gasteiger partial charge is 0.481 e. The number of carboxylic acid groups (broad SMARTS) is 1. The molecule has 0 saturated carbocycles. The summed E-state index contributed by atoms with van der Waals surface area (Å²) in [6, 6.07) is 4.64. The summed E-state index contributed by atoms with van der Waals surface area (Å²) in [5, 5.41) is 17.1. The second-order valence-corrected chi connectivity index (χ2v) is 2.95. The lowest BCUT2D eigenvalue weighted by Gasteiger charge is -2.06. The van der Waals surface area contributed by atoms with Crippen molar-refractivity contribution >= 4 is 5.97 Å². The normalized spacial score (nSPS) is 11.8. The molecular formula is C10H7F2NO2. The summed E-state index contributed by atoms with van der Waals surface area (Å²) in [5.41, 5.74) is 0.166. The van der Waals surface area contributed by atoms with Gasteiger partial charge in [0.2, 0.25) is 0 Å². The predicted octanol–water partition coefficient (Wildman–Crippen LogP) is 2.05. The smallest absolute Gasteiger partial charge is 0.305 e. The van der Waals surface area contributed by atoms with Gasteiger partial charge >= 0.3 is 5.97 Å². The zero-order chi connectivity index (χ0) is 11.4. The third-order valence-corrected chi connectivity index (χ3v) is 1.88. The first-order chi connectivity index (χ1) is 7.04. The lowest BCUT2D eigenvalue weighted by atomic mass is 9.97. The van der Waals surface area contributed by atoms with Crippen LogP contribution in [0.4, 0.5) is 8.78 Å². The van der Waals surface area contributed by atoms with Gasteiger partial charge in [-0.3, -0.25) is 4.79 Å². The quantitative estimate of drug-likeness (QED) is 0.832. The van der Waals surface area contributed by atoms with Crippen LogP contribution in [-0.2, 0) is 4.79 Å². The fourth-order valence-electron chi connectivity index (χ4n) is 1.14. The van der Waals surface area contributed by atoms with Crippen LogP contribution in [0.5, 0.6) is 0 Å². The van der Waals surface area contributed by atoms with E-state index >= 15 is 0 Å². The minimum absolute atomic E-state index is 0.166. The summed E-state index contributed by atoms with van der Waals surface area (Å²) >= 11 is 0. The maximum atomic E-state index is 12.8. The van der Waals surface area contributed by atoms with Gasteiger partial charge < -0.3 is 5.11 Å². The van der Waals surface area contributed by atoms with Gasteiger partial charge in [0.15, 0.2) is 11.6 Å². The molecule has 5 heteroatoms. The lowest BCUT2D eigenvalue weighted by Crippen LogP contribution is -2.05. The maximum Gasteiger partial charge on any atom is 0.305 e. The minimum atomic E-state index is -1.16. The summed E-state index contributed by atoms with van der Waals surface area (Å²) in [6.45, 7) is 0. The Morgan fingerprint density at radius 2 is 2.13 bits per heavy atom. The summed E-state index contributed by atoms with van der Waals surface area (Å²) in [6.07, 6.45) is -0.429. The molecule has 1 N–H and O–H groups in total. The fraction of sp³-hybridized carbons (Fsp3) is 0.200. The van der Waals surface area contributed by atoms with Crippen molar-refractivity contribution in [3.05, 3.63) is 35.4 Å². The molecule has 0 aliphatic rings. The van der Waals surface area contributed by atoms with Crippen LogP contribution in [0, 0.1) is 23.0 Å². The number of benzene rings is 1. The van der Waals surface area contributed by atoms with Crippen LogP contribution < -0.4 is 0 Å². The molecule has 0 saturated heterocycles. The van der Waals surface area contributed by atoms with E-state index in [4.69, 9.17) is 10.4 Å². The maximum absolute atomic E-state index is 12.8. The number of carbonyl (C=O) groups is 1. The van der Waals surface area contributed by atoms with Gasteiger partial charge in [0.05, 0.1) is 18.4 Å². The van der Waals surface area contributed by atoms with Crippen LogP contribution in [0.2, 0.25) is 0 Å². The Bertz CT molecular complexity index is 426. The highest BCUT2D eigenvalue weighted by molar-refractivity contribution is 5.68. The number of hydrogen-bond donors (Lipinski definition) is 1. The monoisotopic (exact) mass is 211 g/mol. The van der Waals surface area contributed by atoms with Crippen molar-refractivity contribution in [2.45, 2.75) is 12.3 Å². The standard InChI is InChI=1S/C10H7F2NO2/c11-8-2-1-6(3-9(8)12)7(5-13)4-10(14)15/h1-3,7H,4H2,(H,14,15). The average molecular weight is 211 g/mol. The number of nitrogens with zero attached hydrogens (tertiary/aromatic N) is 1. The van der Waals surface area contributed by atoms with Gasteiger partial charge in [-0.2, -0.15) is 5.26 Å². The Balaban J connectivity index is 2.98. The molecule has 78 valence electrons. The van der Waals surface area contributed by atoms with Crippen molar-refractivity contribution in [1.29, 1.82) is 5.26 Å². The minimum Gasteiger partial charge on any atom is -0.481 e. The number of rotatable bonds is 3. The Kier molecular flexibility index (Phi) is 3.34. The number of halogens is 2. The van der Waals surface area contributed by atoms with Gasteiger partial charge in [-0.1, -0.05) is 6.07 Å². The van der Waals surface area contributed by atoms with Crippen LogP contribution in [0.25, 0.3) is 0 Å². The van der Waals surface area contributed by atoms with Crippen molar-refractivity contribution in [3.8, 4) is 6.07 Å². The van der Waals surface area contributed by atoms with Gasteiger partial charge in [-0.15, -0.1) is 0 Å². The zero-order valence-electron chi connectivity index (χ0n) is 7.58. The molecule has 0 heterocycles. The first kappa shape index (κ1) is 11.1. The van der Waals surface area contributed by atoms with E-state index < -0.39 is 29.9 Å². The van der Waals surface area contributed by atoms with Crippen molar-refractivity contribution in [3.63, 3.8) is 0 Å². The third kappa shape index (κ3) is 2.74. The molecule has 1 aromatic rings. The second kappa shape index (κ2) is 4.51. The van der Waals surface area contributed by atoms with Crippen molar-refractivity contribution < 1.29 is 18.7 Å². The number of carboxylic acids is 1. The van der Waals surface area contributed by atoms with Crippen LogP contribution >= 0.6 is 0 Å². The molecule has 0 spiro atoms. The topological polar surface area (TPSA) is 61.1 Å². The molecule has 1 unspecified atom stereocenters. The molecule has 0 radical (unpaired) electrons. The molecule has 1 aromatic carbocycles. The van der Waals surface area contributed by atoms with E-state index in [1.165, 1.54) is 6.07 Å². The molecule has 3 nitrogen and oxygen atoms in total. The molecule has 1 atom stereocenters. The molecule has 0 amide bonds. The number of nitriles is 1. The third-order valence-electron chi connectivity index (χ3n) is 1.88. The van der Waals surface area contributed by atoms with Crippen molar-refractivity contribution in [2.75, 3.05) is 0 Å². The zero-order valence-corrected chi connectivity index (χ0v) is 7.58. The Hall–Kier alpha value is -1.96. The average Bonchev–Trinajstić information content (AvgIpc) is 2.18. The predicted molar refractivity (Wildman–Crippen MR) is 47.0 cm³/mol. The molecule has 0 aromatic heterocycles. The molecule has 15 heavy (non-hydrogen) atoms. The Morgan fingerprint density at radius 1 is 1.47 bits per heavy atom. The summed E-state index contributed by atoms with van der Waals surface area (Å²) in [4.78, 5) is 10.4. The second-order valence-electron chi connectivity index (χ2n) is 2.95. The number of hydrogen-bond acceptors (Lipinski definition) is 2. The highest BCUT2D eigenvalue weighted by atomic mass is 19.2. The highest BCUT2D eigenvalue weighted by Crippen LogP contribution is 2.20. The Morgan fingerprint density at radius 3 is 2.60 bits per heavy atom. The van der Waals surface area contributed by atoms with Gasteiger partial charge in [0, 0.05) is 0 Å². The molecule has 0 aliphatic carbocycles. The van der Waals surface area contributed by atoms with Crippen LogP contribution in [0.1, 0.15) is 17.9 Å². The van der Waals surface area contributed by atoms with E-state index in [0.717, 1.165) is 12.1 Å². The molecule has 0 aliphatic heterocycles. The fourth-order valence-corrected chi connectivity index (χ4v) is 1.14. The summed E-state index contributed by atoms with van der Waals surface area (Å²) in [7, 11) is 0. The van der Waals surface area contributed by atoms with Gasteiger partial charge in [0.1, 0.15) is 0 Å². The van der Waals surface area contributed by atoms with Crippen LogP contribution in [-0.4, -0.2) is 11.1 Å².